The van der Waals surface area contributed by atoms with Gasteiger partial charge in [-0.15, -0.1) is 0 Å². The van der Waals surface area contributed by atoms with E-state index in [4.69, 9.17) is 0 Å². The van der Waals surface area contributed by atoms with Gasteiger partial charge in [0.15, 0.2) is 0 Å². The Morgan fingerprint density at radius 2 is 1.89 bits per heavy atom. The lowest BCUT2D eigenvalue weighted by Gasteiger charge is -2.36. The predicted molar refractivity (Wildman–Crippen MR) is 74.3 cm³/mol. The Hall–Kier alpha value is -0.820. The van der Waals surface area contributed by atoms with Crippen molar-refractivity contribution >= 4 is 0 Å². The number of hydrogen-bond acceptors (Lipinski definition) is 1. The van der Waals surface area contributed by atoms with Gasteiger partial charge in [0.1, 0.15) is 0 Å². The predicted octanol–water partition coefficient (Wildman–Crippen LogP) is 4.11. The third-order valence-electron chi connectivity index (χ3n) is 5.28. The van der Waals surface area contributed by atoms with Crippen LogP contribution >= 0.6 is 0 Å². The second kappa shape index (κ2) is 5.05. The average molecular weight is 244 g/mol. The molecule has 0 heterocycles. The molecule has 0 radical (unpaired) electrons. The summed E-state index contributed by atoms with van der Waals surface area (Å²) in [6.45, 7) is 2.32. The molecule has 4 atom stereocenters. The molecule has 0 aromatic heterocycles. The number of aliphatic hydroxyl groups is 1. The SMILES string of the molecule is CCC1CCCCC1C1Cc2ccccc2C1O. The molecule has 1 saturated carbocycles. The Labute approximate surface area is 110 Å². The van der Waals surface area contributed by atoms with Crippen LogP contribution in [0.2, 0.25) is 0 Å². The van der Waals surface area contributed by atoms with Crippen LogP contribution in [-0.2, 0) is 6.42 Å². The molecule has 1 aromatic rings. The minimum atomic E-state index is -0.210. The molecule has 98 valence electrons. The zero-order chi connectivity index (χ0) is 12.5. The molecular formula is C17H24O. The van der Waals surface area contributed by atoms with E-state index in [0.717, 1.165) is 18.3 Å². The van der Waals surface area contributed by atoms with Crippen molar-refractivity contribution in [3.8, 4) is 0 Å². The summed E-state index contributed by atoms with van der Waals surface area (Å²) in [4.78, 5) is 0. The quantitative estimate of drug-likeness (QED) is 0.830. The fraction of sp³-hybridized carbons (Fsp3) is 0.647. The topological polar surface area (TPSA) is 20.2 Å². The molecule has 0 amide bonds. The lowest BCUT2D eigenvalue weighted by molar-refractivity contribution is 0.0438. The van der Waals surface area contributed by atoms with Crippen LogP contribution in [-0.4, -0.2) is 5.11 Å². The molecule has 1 N–H and O–H groups in total. The molecule has 2 aliphatic carbocycles. The standard InChI is InChI=1S/C17H24O/c1-2-12-7-3-5-9-14(12)16-11-13-8-4-6-10-15(13)17(16)18/h4,6,8,10,12,14,16-18H,2-3,5,7,9,11H2,1H3. The fourth-order valence-corrected chi connectivity index (χ4v) is 4.30. The maximum atomic E-state index is 10.6. The van der Waals surface area contributed by atoms with E-state index in [-0.39, 0.29) is 6.10 Å². The summed E-state index contributed by atoms with van der Waals surface area (Å²) in [5.74, 6) is 2.06. The van der Waals surface area contributed by atoms with Gasteiger partial charge in [-0.3, -0.25) is 0 Å². The summed E-state index contributed by atoms with van der Waals surface area (Å²) in [5.41, 5.74) is 2.58. The van der Waals surface area contributed by atoms with Gasteiger partial charge in [-0.25, -0.2) is 0 Å². The minimum Gasteiger partial charge on any atom is -0.388 e. The second-order valence-corrected chi connectivity index (χ2v) is 6.13. The number of fused-ring (bicyclic) bond motifs is 1. The maximum Gasteiger partial charge on any atom is 0.0826 e. The number of hydrogen-bond donors (Lipinski definition) is 1. The van der Waals surface area contributed by atoms with Gasteiger partial charge < -0.3 is 5.11 Å². The molecule has 0 saturated heterocycles. The molecule has 0 aliphatic heterocycles. The Bertz CT molecular complexity index is 412. The summed E-state index contributed by atoms with van der Waals surface area (Å²) in [6, 6.07) is 8.47. The monoisotopic (exact) mass is 244 g/mol. The summed E-state index contributed by atoms with van der Waals surface area (Å²) in [7, 11) is 0. The van der Waals surface area contributed by atoms with Crippen LogP contribution in [0.25, 0.3) is 0 Å². The van der Waals surface area contributed by atoms with Crippen molar-refractivity contribution in [3.63, 3.8) is 0 Å². The van der Waals surface area contributed by atoms with Gasteiger partial charge in [0.05, 0.1) is 6.10 Å². The first-order valence-corrected chi connectivity index (χ1v) is 7.57. The maximum absolute atomic E-state index is 10.6. The van der Waals surface area contributed by atoms with E-state index in [1.54, 1.807) is 0 Å². The highest BCUT2D eigenvalue weighted by Crippen LogP contribution is 2.47. The number of aliphatic hydroxyl groups excluding tert-OH is 1. The molecule has 1 heteroatoms. The number of benzene rings is 1. The van der Waals surface area contributed by atoms with Crippen LogP contribution in [0.5, 0.6) is 0 Å². The first kappa shape index (κ1) is 12.2. The van der Waals surface area contributed by atoms with Crippen molar-refractivity contribution in [2.24, 2.45) is 17.8 Å². The Kier molecular flexibility index (Phi) is 3.43. The molecule has 3 rings (SSSR count). The van der Waals surface area contributed by atoms with E-state index in [0.29, 0.717) is 5.92 Å². The molecule has 4 unspecified atom stereocenters. The van der Waals surface area contributed by atoms with E-state index in [9.17, 15) is 5.11 Å². The van der Waals surface area contributed by atoms with Gasteiger partial charge in [-0.2, -0.15) is 0 Å². The molecule has 1 aromatic carbocycles. The highest BCUT2D eigenvalue weighted by Gasteiger charge is 2.39. The Morgan fingerprint density at radius 3 is 2.67 bits per heavy atom. The molecule has 0 spiro atoms. The van der Waals surface area contributed by atoms with Crippen LogP contribution in [0.1, 0.15) is 56.3 Å². The van der Waals surface area contributed by atoms with E-state index < -0.39 is 0 Å². The summed E-state index contributed by atoms with van der Waals surface area (Å²) >= 11 is 0. The highest BCUT2D eigenvalue weighted by molar-refractivity contribution is 5.34. The first-order valence-electron chi connectivity index (χ1n) is 7.57. The molecule has 1 fully saturated rings. The van der Waals surface area contributed by atoms with E-state index in [1.165, 1.54) is 43.2 Å². The summed E-state index contributed by atoms with van der Waals surface area (Å²) < 4.78 is 0. The van der Waals surface area contributed by atoms with Crippen molar-refractivity contribution in [1.29, 1.82) is 0 Å². The van der Waals surface area contributed by atoms with Crippen molar-refractivity contribution in [2.45, 2.75) is 51.6 Å². The van der Waals surface area contributed by atoms with Crippen LogP contribution in [0.15, 0.2) is 24.3 Å². The largest absolute Gasteiger partial charge is 0.388 e. The van der Waals surface area contributed by atoms with Crippen LogP contribution in [0, 0.1) is 17.8 Å². The van der Waals surface area contributed by atoms with Gasteiger partial charge in [0, 0.05) is 0 Å². The van der Waals surface area contributed by atoms with E-state index in [1.807, 2.05) is 0 Å². The smallest absolute Gasteiger partial charge is 0.0826 e. The van der Waals surface area contributed by atoms with Gasteiger partial charge in [-0.1, -0.05) is 56.9 Å². The van der Waals surface area contributed by atoms with Crippen LogP contribution in [0.3, 0.4) is 0 Å². The normalized spacial score (nSPS) is 35.4. The van der Waals surface area contributed by atoms with Crippen LogP contribution < -0.4 is 0 Å². The minimum absolute atomic E-state index is 0.210. The van der Waals surface area contributed by atoms with Crippen molar-refractivity contribution < 1.29 is 5.11 Å². The lowest BCUT2D eigenvalue weighted by Crippen LogP contribution is -2.29. The lowest BCUT2D eigenvalue weighted by atomic mass is 9.70. The molecule has 0 bridgehead atoms. The van der Waals surface area contributed by atoms with E-state index in [2.05, 4.69) is 31.2 Å². The average Bonchev–Trinajstić information content (AvgIpc) is 2.76. The molecule has 2 aliphatic rings. The summed E-state index contributed by atoms with van der Waals surface area (Å²) in [5, 5.41) is 10.6. The third kappa shape index (κ3) is 1.99. The fourth-order valence-electron chi connectivity index (χ4n) is 4.30. The summed E-state index contributed by atoms with van der Waals surface area (Å²) in [6.07, 6.45) is 7.63. The van der Waals surface area contributed by atoms with E-state index >= 15 is 0 Å². The van der Waals surface area contributed by atoms with Crippen LogP contribution in [0.4, 0.5) is 0 Å². The number of rotatable bonds is 2. The first-order chi connectivity index (χ1) is 8.81. The second-order valence-electron chi connectivity index (χ2n) is 6.13. The van der Waals surface area contributed by atoms with Gasteiger partial charge in [0.25, 0.3) is 0 Å². The zero-order valence-electron chi connectivity index (χ0n) is 11.3. The van der Waals surface area contributed by atoms with Gasteiger partial charge >= 0.3 is 0 Å². The zero-order valence-corrected chi connectivity index (χ0v) is 11.3. The molecule has 18 heavy (non-hydrogen) atoms. The van der Waals surface area contributed by atoms with Crippen molar-refractivity contribution in [2.75, 3.05) is 0 Å². The van der Waals surface area contributed by atoms with Gasteiger partial charge in [-0.05, 0) is 41.7 Å². The molecule has 1 nitrogen and oxygen atoms in total. The van der Waals surface area contributed by atoms with Crippen molar-refractivity contribution in [3.05, 3.63) is 35.4 Å². The van der Waals surface area contributed by atoms with Gasteiger partial charge in [0.2, 0.25) is 0 Å². The highest BCUT2D eigenvalue weighted by atomic mass is 16.3. The molecular weight excluding hydrogens is 220 g/mol. The third-order valence-corrected chi connectivity index (χ3v) is 5.28. The van der Waals surface area contributed by atoms with Crippen molar-refractivity contribution in [1.82, 2.24) is 0 Å². The Morgan fingerprint density at radius 1 is 1.11 bits per heavy atom. The Balaban J connectivity index is 1.82.